The fourth-order valence-corrected chi connectivity index (χ4v) is 5.78. The second-order valence-corrected chi connectivity index (χ2v) is 14.0. The van der Waals surface area contributed by atoms with Crippen molar-refractivity contribution in [2.24, 2.45) is 0 Å². The van der Waals surface area contributed by atoms with Gasteiger partial charge in [0, 0.05) is 55.9 Å². The highest BCUT2D eigenvalue weighted by atomic mass is 32.2. The number of amides is 3. The minimum atomic E-state index is -3.24. The monoisotopic (exact) mass is 635 g/mol. The lowest BCUT2D eigenvalue weighted by molar-refractivity contribution is -0.136. The van der Waals surface area contributed by atoms with E-state index in [1.807, 2.05) is 20.8 Å². The van der Waals surface area contributed by atoms with Crippen molar-refractivity contribution in [2.75, 3.05) is 56.2 Å². The van der Waals surface area contributed by atoms with Crippen molar-refractivity contribution >= 4 is 33.6 Å². The number of hydrogen-bond acceptors (Lipinski definition) is 8. The summed E-state index contributed by atoms with van der Waals surface area (Å²) in [6.45, 7) is 11.2. The van der Waals surface area contributed by atoms with E-state index in [1.165, 1.54) is 36.0 Å². The molecule has 11 nitrogen and oxygen atoms in total. The summed E-state index contributed by atoms with van der Waals surface area (Å²) in [5, 5.41) is 0. The van der Waals surface area contributed by atoms with Crippen LogP contribution in [0.3, 0.4) is 0 Å². The number of hydrogen-bond donors (Lipinski definition) is 0. The van der Waals surface area contributed by atoms with Gasteiger partial charge in [-0.2, -0.15) is 0 Å². The summed E-state index contributed by atoms with van der Waals surface area (Å²) in [5.41, 5.74) is 0.128. The molecule has 0 N–H and O–H groups in total. The quantitative estimate of drug-likeness (QED) is 0.230. The number of methoxy groups -OCH3 is 1. The molecule has 3 rings (SSSR count). The molecule has 3 amide bonds. The number of ether oxygens (including phenoxy) is 3. The van der Waals surface area contributed by atoms with Crippen molar-refractivity contribution in [3.8, 4) is 5.75 Å². The van der Waals surface area contributed by atoms with Gasteiger partial charge in [0.1, 0.15) is 23.3 Å². The average Bonchev–Trinajstić information content (AvgIpc) is 2.96. The van der Waals surface area contributed by atoms with Crippen LogP contribution in [-0.2, 0) is 24.1 Å². The van der Waals surface area contributed by atoms with Crippen LogP contribution in [-0.4, -0.2) is 99.4 Å². The van der Waals surface area contributed by atoms with Gasteiger partial charge in [-0.15, -0.1) is 0 Å². The Hall–Kier alpha value is -3.87. The molecule has 2 aliphatic heterocycles. The predicted octanol–water partition coefficient (Wildman–Crippen LogP) is 4.65. The highest BCUT2D eigenvalue weighted by molar-refractivity contribution is 7.91. The van der Waals surface area contributed by atoms with Crippen molar-refractivity contribution in [3.05, 3.63) is 60.0 Å². The highest BCUT2D eigenvalue weighted by Gasteiger charge is 2.30. The number of sulfone groups is 1. The van der Waals surface area contributed by atoms with E-state index >= 15 is 0 Å². The zero-order valence-corrected chi connectivity index (χ0v) is 26.8. The zero-order valence-electron chi connectivity index (χ0n) is 26.0. The lowest BCUT2D eigenvalue weighted by Crippen LogP contribution is -2.50. The number of carbonyl (C=O) groups excluding carboxylic acids is 3. The van der Waals surface area contributed by atoms with Crippen LogP contribution in [0.5, 0.6) is 5.75 Å². The van der Waals surface area contributed by atoms with E-state index in [4.69, 9.17) is 9.47 Å². The van der Waals surface area contributed by atoms with Crippen molar-refractivity contribution in [1.29, 1.82) is 0 Å². The Balaban J connectivity index is 1.77. The molecule has 0 atom stereocenters. The Morgan fingerprint density at radius 2 is 1.61 bits per heavy atom. The molecule has 0 saturated carbocycles. The fraction of sp³-hybridized carbons (Fsp3) is 0.516. The number of likely N-dealkylation sites (tertiary alicyclic amines) is 1. The van der Waals surface area contributed by atoms with Crippen LogP contribution >= 0.6 is 0 Å². The van der Waals surface area contributed by atoms with E-state index in [1.54, 1.807) is 29.2 Å². The first kappa shape index (κ1) is 34.6. The van der Waals surface area contributed by atoms with Gasteiger partial charge in [-0.1, -0.05) is 18.7 Å². The Kier molecular flexibility index (Phi) is 11.6. The number of rotatable bonds is 8. The van der Waals surface area contributed by atoms with E-state index < -0.39 is 33.3 Å². The van der Waals surface area contributed by atoms with Gasteiger partial charge in [-0.3, -0.25) is 4.90 Å². The van der Waals surface area contributed by atoms with Crippen molar-refractivity contribution in [3.63, 3.8) is 0 Å². The second kappa shape index (κ2) is 14.7. The van der Waals surface area contributed by atoms with Crippen LogP contribution in [0, 0.1) is 0 Å². The number of carbonyl (C=O) groups is 3. The zero-order chi connectivity index (χ0) is 32.7. The summed E-state index contributed by atoms with van der Waals surface area (Å²) < 4.78 is 54.8. The lowest BCUT2D eigenvalue weighted by atomic mass is 10.1. The number of halogens is 1. The Morgan fingerprint density at radius 3 is 2.14 bits per heavy atom. The van der Waals surface area contributed by atoms with Crippen LogP contribution in [0.15, 0.2) is 60.0 Å². The molecular formula is C31H42FN3O8S. The molecule has 2 aliphatic rings. The van der Waals surface area contributed by atoms with Crippen LogP contribution in [0.4, 0.5) is 19.7 Å². The normalized spacial score (nSPS) is 18.0. The van der Waals surface area contributed by atoms with Crippen molar-refractivity contribution in [1.82, 2.24) is 9.80 Å². The largest absolute Gasteiger partial charge is 0.490 e. The van der Waals surface area contributed by atoms with E-state index in [2.05, 4.69) is 11.3 Å². The van der Waals surface area contributed by atoms with Crippen LogP contribution < -0.4 is 9.64 Å². The van der Waals surface area contributed by atoms with Gasteiger partial charge in [0.05, 0.1) is 25.2 Å². The molecule has 2 saturated heterocycles. The SMILES string of the molecule is C=C(F)/C(=C\C=C(/C)C(=O)OC)CN(C(=O)N1CCS(=O)(=O)CC1)c1ccc(OC2CCN(C(=O)OC(C)(C)C)CC2)cc1. The predicted molar refractivity (Wildman–Crippen MR) is 165 cm³/mol. The summed E-state index contributed by atoms with van der Waals surface area (Å²) in [4.78, 5) is 42.2. The second-order valence-electron chi connectivity index (χ2n) is 11.7. The van der Waals surface area contributed by atoms with Crippen LogP contribution in [0.1, 0.15) is 40.5 Å². The smallest absolute Gasteiger partial charge is 0.410 e. The minimum Gasteiger partial charge on any atom is -0.490 e. The van der Waals surface area contributed by atoms with Gasteiger partial charge in [0.15, 0.2) is 9.84 Å². The lowest BCUT2D eigenvalue weighted by Gasteiger charge is -2.34. The topological polar surface area (TPSA) is 123 Å². The number of urea groups is 1. The number of anilines is 1. The first-order valence-electron chi connectivity index (χ1n) is 14.4. The van der Waals surface area contributed by atoms with Gasteiger partial charge >= 0.3 is 18.1 Å². The molecule has 0 radical (unpaired) electrons. The molecule has 242 valence electrons. The summed E-state index contributed by atoms with van der Waals surface area (Å²) >= 11 is 0. The Bertz CT molecular complexity index is 1380. The van der Waals surface area contributed by atoms with Crippen LogP contribution in [0.2, 0.25) is 0 Å². The fourth-order valence-electron chi connectivity index (χ4n) is 4.58. The van der Waals surface area contributed by atoms with E-state index in [0.717, 1.165) is 0 Å². The minimum absolute atomic E-state index is 0.0117. The maximum absolute atomic E-state index is 14.6. The van der Waals surface area contributed by atoms with Gasteiger partial charge in [-0.05, 0) is 52.0 Å². The molecule has 0 aromatic heterocycles. The molecule has 44 heavy (non-hydrogen) atoms. The number of allylic oxidation sites excluding steroid dienone is 2. The third kappa shape index (κ3) is 10.1. The third-order valence-electron chi connectivity index (χ3n) is 7.11. The van der Waals surface area contributed by atoms with Crippen LogP contribution in [0.25, 0.3) is 0 Å². The third-order valence-corrected chi connectivity index (χ3v) is 8.72. The number of esters is 1. The average molecular weight is 636 g/mol. The molecule has 1 aromatic carbocycles. The van der Waals surface area contributed by atoms with Gasteiger partial charge in [0.2, 0.25) is 0 Å². The summed E-state index contributed by atoms with van der Waals surface area (Å²) in [6.07, 6.45) is 3.51. The molecule has 13 heteroatoms. The molecule has 2 fully saturated rings. The standard InChI is InChI=1S/C31H42FN3O8S/c1-22(28(36)41-6)7-8-24(23(2)32)21-35(29(37)33-17-19-44(39,40)20-18-33)25-9-11-26(12-10-25)42-27-13-15-34(16-14-27)30(38)43-31(3,4)5/h7-12,27H,2,13-21H2,1,3-6H3/b22-7+,24-8-. The number of nitrogens with zero attached hydrogens (tertiary/aromatic N) is 3. The molecular weight excluding hydrogens is 593 g/mol. The molecule has 0 spiro atoms. The van der Waals surface area contributed by atoms with Gasteiger partial charge in [-0.25, -0.2) is 27.2 Å². The summed E-state index contributed by atoms with van der Waals surface area (Å²) in [6, 6.07) is 6.23. The molecule has 2 heterocycles. The van der Waals surface area contributed by atoms with Gasteiger partial charge < -0.3 is 24.0 Å². The maximum Gasteiger partial charge on any atom is 0.410 e. The molecule has 1 aromatic rings. The first-order chi connectivity index (χ1) is 20.6. The van der Waals surface area contributed by atoms with E-state index in [9.17, 15) is 27.2 Å². The summed E-state index contributed by atoms with van der Waals surface area (Å²) in [7, 11) is -2.00. The first-order valence-corrected chi connectivity index (χ1v) is 16.2. The molecule has 0 bridgehead atoms. The molecule has 0 unspecified atom stereocenters. The Labute approximate surface area is 258 Å². The van der Waals surface area contributed by atoms with Crippen molar-refractivity contribution in [2.45, 2.75) is 52.2 Å². The van der Waals surface area contributed by atoms with E-state index in [-0.39, 0.29) is 54.5 Å². The number of benzene rings is 1. The summed E-state index contributed by atoms with van der Waals surface area (Å²) in [5.74, 6) is -1.14. The maximum atomic E-state index is 14.6. The highest BCUT2D eigenvalue weighted by Crippen LogP contribution is 2.27. The number of piperidine rings is 1. The molecule has 0 aliphatic carbocycles. The Morgan fingerprint density at radius 1 is 1.02 bits per heavy atom. The van der Waals surface area contributed by atoms with E-state index in [0.29, 0.717) is 37.4 Å². The van der Waals surface area contributed by atoms with Gasteiger partial charge in [0.25, 0.3) is 0 Å². The van der Waals surface area contributed by atoms with Crippen molar-refractivity contribution < 1.29 is 41.4 Å².